The average Bonchev–Trinajstić information content (AvgIpc) is 2.15. The first-order chi connectivity index (χ1) is 7.10. The third-order valence-electron chi connectivity index (χ3n) is 2.67. The Morgan fingerprint density at radius 2 is 1.56 bits per heavy atom. The fraction of sp³-hybridized carbons (Fsp3) is 1.00. The van der Waals surface area contributed by atoms with Gasteiger partial charge in [0, 0.05) is 33.7 Å². The molecule has 98 valence electrons. The van der Waals surface area contributed by atoms with Crippen LogP contribution in [0.15, 0.2) is 0 Å². The highest BCUT2D eigenvalue weighted by atomic mass is 32.2. The molecule has 0 aromatic rings. The van der Waals surface area contributed by atoms with Gasteiger partial charge in [0.25, 0.3) is 10.2 Å². The molecule has 1 unspecified atom stereocenters. The van der Waals surface area contributed by atoms with Crippen LogP contribution < -0.4 is 0 Å². The van der Waals surface area contributed by atoms with Crippen LogP contribution in [-0.2, 0) is 10.2 Å². The van der Waals surface area contributed by atoms with Gasteiger partial charge in [-0.3, -0.25) is 0 Å². The van der Waals surface area contributed by atoms with Gasteiger partial charge in [-0.05, 0) is 21.0 Å². The van der Waals surface area contributed by atoms with E-state index in [9.17, 15) is 13.5 Å². The summed E-state index contributed by atoms with van der Waals surface area (Å²) in [6, 6.07) is -0.0974. The minimum Gasteiger partial charge on any atom is -0.390 e. The van der Waals surface area contributed by atoms with Gasteiger partial charge < -0.3 is 10.0 Å². The van der Waals surface area contributed by atoms with Crippen LogP contribution in [-0.4, -0.2) is 81.0 Å². The molecule has 0 spiro atoms. The highest BCUT2D eigenvalue weighted by molar-refractivity contribution is 7.86. The maximum Gasteiger partial charge on any atom is 0.281 e. The summed E-state index contributed by atoms with van der Waals surface area (Å²) in [5.74, 6) is 0. The molecule has 6 nitrogen and oxygen atoms in total. The lowest BCUT2D eigenvalue weighted by atomic mass is 10.2. The summed E-state index contributed by atoms with van der Waals surface area (Å²) in [4.78, 5) is 1.85. The molecule has 0 aromatic heterocycles. The lowest BCUT2D eigenvalue weighted by Gasteiger charge is -2.29. The molecule has 2 atom stereocenters. The quantitative estimate of drug-likeness (QED) is 0.662. The van der Waals surface area contributed by atoms with E-state index in [1.54, 1.807) is 0 Å². The van der Waals surface area contributed by atoms with Crippen molar-refractivity contribution >= 4 is 10.2 Å². The molecule has 0 aromatic carbocycles. The zero-order valence-corrected chi connectivity index (χ0v) is 11.7. The van der Waals surface area contributed by atoms with E-state index in [0.29, 0.717) is 0 Å². The van der Waals surface area contributed by atoms with Crippen LogP contribution in [0.25, 0.3) is 0 Å². The summed E-state index contributed by atoms with van der Waals surface area (Å²) in [5.41, 5.74) is 0. The third-order valence-corrected chi connectivity index (χ3v) is 4.53. The molecule has 0 aliphatic carbocycles. The van der Waals surface area contributed by atoms with Crippen LogP contribution in [0.2, 0.25) is 0 Å². The van der Waals surface area contributed by atoms with Gasteiger partial charge in [-0.1, -0.05) is 0 Å². The van der Waals surface area contributed by atoms with E-state index < -0.39 is 16.3 Å². The fourth-order valence-electron chi connectivity index (χ4n) is 1.13. The minimum absolute atomic E-state index is 0.0832. The number of aliphatic hydroxyl groups is 1. The van der Waals surface area contributed by atoms with Crippen LogP contribution in [0.1, 0.15) is 6.92 Å². The van der Waals surface area contributed by atoms with E-state index in [2.05, 4.69) is 0 Å². The van der Waals surface area contributed by atoms with Crippen LogP contribution in [0.5, 0.6) is 0 Å². The smallest absolute Gasteiger partial charge is 0.281 e. The lowest BCUT2D eigenvalue weighted by Crippen LogP contribution is -2.47. The Morgan fingerprint density at radius 3 is 1.88 bits per heavy atom. The molecule has 0 radical (unpaired) electrons. The maximum absolute atomic E-state index is 11.7. The SMILES string of the molecule is C[C@@H](C(O)CN(C)S(=O)(=O)N(C)C)N(C)C. The molecule has 0 saturated heterocycles. The van der Waals surface area contributed by atoms with Crippen molar-refractivity contribution in [3.63, 3.8) is 0 Å². The van der Waals surface area contributed by atoms with Crippen molar-refractivity contribution in [2.45, 2.75) is 19.1 Å². The molecule has 1 N–H and O–H groups in total. The van der Waals surface area contributed by atoms with Gasteiger partial charge in [0.15, 0.2) is 0 Å². The van der Waals surface area contributed by atoms with Crippen molar-refractivity contribution in [3.8, 4) is 0 Å². The molecule has 7 heteroatoms. The predicted molar refractivity (Wildman–Crippen MR) is 64.4 cm³/mol. The topological polar surface area (TPSA) is 64.1 Å². The van der Waals surface area contributed by atoms with Crippen LogP contribution in [0.4, 0.5) is 0 Å². The van der Waals surface area contributed by atoms with E-state index in [1.165, 1.54) is 21.1 Å². The monoisotopic (exact) mass is 253 g/mol. The largest absolute Gasteiger partial charge is 0.390 e. The number of likely N-dealkylation sites (N-methyl/N-ethyl adjacent to an activating group) is 2. The summed E-state index contributed by atoms with van der Waals surface area (Å²) in [5, 5.41) is 9.84. The van der Waals surface area contributed by atoms with Gasteiger partial charge in [-0.15, -0.1) is 0 Å². The second-order valence-corrected chi connectivity index (χ2v) is 6.59. The van der Waals surface area contributed by atoms with E-state index in [1.807, 2.05) is 25.9 Å². The second kappa shape index (κ2) is 5.92. The van der Waals surface area contributed by atoms with E-state index in [-0.39, 0.29) is 12.6 Å². The van der Waals surface area contributed by atoms with Crippen molar-refractivity contribution in [2.24, 2.45) is 0 Å². The first-order valence-electron chi connectivity index (χ1n) is 5.09. The first kappa shape index (κ1) is 15.8. The second-order valence-electron chi connectivity index (χ2n) is 4.34. The first-order valence-corrected chi connectivity index (χ1v) is 6.48. The van der Waals surface area contributed by atoms with Gasteiger partial charge in [0.05, 0.1) is 6.10 Å². The Hall–Kier alpha value is -0.210. The number of hydrogen-bond donors (Lipinski definition) is 1. The molecule has 0 aliphatic heterocycles. The highest BCUT2D eigenvalue weighted by Gasteiger charge is 2.25. The van der Waals surface area contributed by atoms with Crippen LogP contribution >= 0.6 is 0 Å². The predicted octanol–water partition coefficient (Wildman–Crippen LogP) is -0.964. The molecular formula is C9H23N3O3S. The van der Waals surface area contributed by atoms with Gasteiger partial charge in [0.1, 0.15) is 0 Å². The van der Waals surface area contributed by atoms with Crippen molar-refractivity contribution in [1.29, 1.82) is 0 Å². The summed E-state index contributed by atoms with van der Waals surface area (Å²) >= 11 is 0. The Bertz CT molecular complexity index is 303. The van der Waals surface area contributed by atoms with Crippen LogP contribution in [0, 0.1) is 0 Å². The normalized spacial score (nSPS) is 17.1. The molecule has 16 heavy (non-hydrogen) atoms. The maximum atomic E-state index is 11.7. The van der Waals surface area contributed by atoms with Crippen molar-refractivity contribution in [2.75, 3.05) is 41.8 Å². The third kappa shape index (κ3) is 3.99. The molecule has 0 heterocycles. The number of nitrogens with zero attached hydrogens (tertiary/aromatic N) is 3. The molecule has 0 aliphatic rings. The number of aliphatic hydroxyl groups excluding tert-OH is 1. The molecule has 0 saturated carbocycles. The van der Waals surface area contributed by atoms with Crippen molar-refractivity contribution < 1.29 is 13.5 Å². The van der Waals surface area contributed by atoms with E-state index in [4.69, 9.17) is 0 Å². The number of rotatable bonds is 6. The zero-order valence-electron chi connectivity index (χ0n) is 10.9. The molecule has 0 amide bonds. The zero-order chi connectivity index (χ0) is 13.1. The van der Waals surface area contributed by atoms with Gasteiger partial charge >= 0.3 is 0 Å². The summed E-state index contributed by atoms with van der Waals surface area (Å²) in [6.07, 6.45) is -0.713. The van der Waals surface area contributed by atoms with E-state index in [0.717, 1.165) is 8.61 Å². The molecular weight excluding hydrogens is 230 g/mol. The van der Waals surface area contributed by atoms with Crippen molar-refractivity contribution in [3.05, 3.63) is 0 Å². The average molecular weight is 253 g/mol. The molecule has 0 bridgehead atoms. The summed E-state index contributed by atoms with van der Waals surface area (Å²) in [6.45, 7) is 1.93. The van der Waals surface area contributed by atoms with Gasteiger partial charge in [0.2, 0.25) is 0 Å². The minimum atomic E-state index is -3.44. The standard InChI is InChI=1S/C9H23N3O3S/c1-8(10(2)3)9(13)7-12(6)16(14,15)11(4)5/h8-9,13H,7H2,1-6H3/t8-,9?/m0/s1. The summed E-state index contributed by atoms with van der Waals surface area (Å²) in [7, 11) is 4.63. The highest BCUT2D eigenvalue weighted by Crippen LogP contribution is 2.06. The Labute approximate surface area is 98.6 Å². The van der Waals surface area contributed by atoms with Crippen molar-refractivity contribution in [1.82, 2.24) is 13.5 Å². The Morgan fingerprint density at radius 1 is 1.12 bits per heavy atom. The van der Waals surface area contributed by atoms with E-state index >= 15 is 0 Å². The number of hydrogen-bond acceptors (Lipinski definition) is 4. The lowest BCUT2D eigenvalue weighted by molar-refractivity contribution is 0.0723. The molecule has 0 fully saturated rings. The Kier molecular flexibility index (Phi) is 5.85. The van der Waals surface area contributed by atoms with Gasteiger partial charge in [-0.2, -0.15) is 17.0 Å². The van der Waals surface area contributed by atoms with Crippen LogP contribution in [0.3, 0.4) is 0 Å². The molecule has 0 rings (SSSR count). The summed E-state index contributed by atoms with van der Waals surface area (Å²) < 4.78 is 25.6. The fourth-order valence-corrected chi connectivity index (χ4v) is 2.03. The Balaban J connectivity index is 4.52. The van der Waals surface area contributed by atoms with Gasteiger partial charge in [-0.25, -0.2) is 0 Å².